The summed E-state index contributed by atoms with van der Waals surface area (Å²) in [5.41, 5.74) is 0.454. The maximum Gasteiger partial charge on any atom is 0.238 e. The number of hydrogen-bond acceptors (Lipinski definition) is 4. The average molecular weight is 441 g/mol. The van der Waals surface area contributed by atoms with Crippen molar-refractivity contribution >= 4 is 40.7 Å². The summed E-state index contributed by atoms with van der Waals surface area (Å²) in [5, 5.41) is 3.65. The molecule has 0 radical (unpaired) electrons. The fourth-order valence-corrected chi connectivity index (χ4v) is 4.75. The second-order valence-electron chi connectivity index (χ2n) is 8.44. The van der Waals surface area contributed by atoms with Crippen molar-refractivity contribution in [3.05, 3.63) is 28.2 Å². The van der Waals surface area contributed by atoms with Gasteiger partial charge in [0.2, 0.25) is 11.8 Å². The number of para-hydroxylation sites is 1. The molecule has 0 aliphatic carbocycles. The number of amides is 2. The Bertz CT molecular complexity index is 707. The van der Waals surface area contributed by atoms with Crippen LogP contribution in [0.15, 0.2) is 18.2 Å². The lowest BCUT2D eigenvalue weighted by Gasteiger charge is -2.38. The standard InChI is InChI=1S/C21H30Cl2N4O2/c1-15-10-16(2)12-27(11-15)20(29)14-26-8-6-25(7-9-26)13-19(28)24-21-17(22)4-3-5-18(21)23/h3-5,15-16H,6-14H2,1-2H3,(H,24,28)/t15-,16+. The monoisotopic (exact) mass is 440 g/mol. The number of nitrogens with one attached hydrogen (secondary N) is 1. The molecule has 3 rings (SSSR count). The minimum Gasteiger partial charge on any atom is -0.341 e. The highest BCUT2D eigenvalue weighted by molar-refractivity contribution is 6.39. The summed E-state index contributed by atoms with van der Waals surface area (Å²) in [7, 11) is 0. The maximum absolute atomic E-state index is 12.7. The molecule has 0 saturated carbocycles. The predicted molar refractivity (Wildman–Crippen MR) is 117 cm³/mol. The van der Waals surface area contributed by atoms with Crippen molar-refractivity contribution in [1.82, 2.24) is 14.7 Å². The Morgan fingerprint density at radius 1 is 0.966 bits per heavy atom. The van der Waals surface area contributed by atoms with Crippen molar-refractivity contribution in [2.24, 2.45) is 11.8 Å². The molecule has 2 aliphatic rings. The number of halogens is 2. The highest BCUT2D eigenvalue weighted by Gasteiger charge is 2.27. The number of benzene rings is 1. The van der Waals surface area contributed by atoms with Crippen LogP contribution in [-0.4, -0.2) is 78.9 Å². The van der Waals surface area contributed by atoms with Crippen LogP contribution < -0.4 is 5.32 Å². The van der Waals surface area contributed by atoms with Crippen LogP contribution >= 0.6 is 23.2 Å². The molecule has 1 N–H and O–H groups in total. The molecular weight excluding hydrogens is 411 g/mol. The fourth-order valence-electron chi connectivity index (χ4n) is 4.26. The van der Waals surface area contributed by atoms with Crippen LogP contribution in [0.2, 0.25) is 10.0 Å². The summed E-state index contributed by atoms with van der Waals surface area (Å²) in [6.45, 7) is 10.00. The van der Waals surface area contributed by atoms with E-state index in [4.69, 9.17) is 23.2 Å². The summed E-state index contributed by atoms with van der Waals surface area (Å²) in [6, 6.07) is 5.14. The summed E-state index contributed by atoms with van der Waals surface area (Å²) in [6.07, 6.45) is 1.20. The zero-order valence-electron chi connectivity index (χ0n) is 17.2. The lowest BCUT2D eigenvalue weighted by atomic mass is 9.92. The van der Waals surface area contributed by atoms with Crippen molar-refractivity contribution in [2.75, 3.05) is 57.7 Å². The molecule has 2 saturated heterocycles. The van der Waals surface area contributed by atoms with Crippen LogP contribution in [0, 0.1) is 11.8 Å². The highest BCUT2D eigenvalue weighted by Crippen LogP contribution is 2.29. The van der Waals surface area contributed by atoms with E-state index in [1.165, 1.54) is 6.42 Å². The molecule has 0 bridgehead atoms. The van der Waals surface area contributed by atoms with Crippen LogP contribution in [0.3, 0.4) is 0 Å². The summed E-state index contributed by atoms with van der Waals surface area (Å²) >= 11 is 12.2. The first-order valence-corrected chi connectivity index (χ1v) is 11.0. The van der Waals surface area contributed by atoms with E-state index in [2.05, 4.69) is 29.0 Å². The maximum atomic E-state index is 12.7. The summed E-state index contributed by atoms with van der Waals surface area (Å²) in [5.74, 6) is 1.23. The van der Waals surface area contributed by atoms with Crippen molar-refractivity contribution < 1.29 is 9.59 Å². The van der Waals surface area contributed by atoms with Gasteiger partial charge in [0.25, 0.3) is 0 Å². The first-order valence-electron chi connectivity index (χ1n) is 10.3. The van der Waals surface area contributed by atoms with Crippen molar-refractivity contribution in [1.29, 1.82) is 0 Å². The third-order valence-corrected chi connectivity index (χ3v) is 6.27. The predicted octanol–water partition coefficient (Wildman–Crippen LogP) is 3.05. The number of rotatable bonds is 5. The molecule has 0 spiro atoms. The highest BCUT2D eigenvalue weighted by atomic mass is 35.5. The van der Waals surface area contributed by atoms with Gasteiger partial charge in [-0.05, 0) is 30.4 Å². The number of carbonyl (C=O) groups excluding carboxylic acids is 2. The van der Waals surface area contributed by atoms with Crippen molar-refractivity contribution in [3.63, 3.8) is 0 Å². The van der Waals surface area contributed by atoms with E-state index in [1.807, 2.05) is 4.90 Å². The van der Waals surface area contributed by atoms with E-state index in [0.717, 1.165) is 39.3 Å². The molecule has 8 heteroatoms. The Hall–Kier alpha value is -1.34. The minimum absolute atomic E-state index is 0.138. The van der Waals surface area contributed by atoms with Gasteiger partial charge in [-0.1, -0.05) is 43.1 Å². The van der Waals surface area contributed by atoms with Crippen molar-refractivity contribution in [2.45, 2.75) is 20.3 Å². The first kappa shape index (κ1) is 22.3. The van der Waals surface area contributed by atoms with E-state index in [-0.39, 0.29) is 18.4 Å². The van der Waals surface area contributed by atoms with Crippen LogP contribution in [0.1, 0.15) is 20.3 Å². The molecule has 29 heavy (non-hydrogen) atoms. The Balaban J connectivity index is 1.42. The second kappa shape index (κ2) is 10.1. The molecule has 0 aromatic heterocycles. The molecule has 2 heterocycles. The van der Waals surface area contributed by atoms with E-state index < -0.39 is 0 Å². The van der Waals surface area contributed by atoms with Gasteiger partial charge in [0.05, 0.1) is 28.8 Å². The Morgan fingerprint density at radius 3 is 2.03 bits per heavy atom. The normalized spacial score (nSPS) is 23.8. The topological polar surface area (TPSA) is 55.9 Å². The van der Waals surface area contributed by atoms with Gasteiger partial charge < -0.3 is 10.2 Å². The molecule has 2 atom stereocenters. The smallest absolute Gasteiger partial charge is 0.238 e. The molecule has 6 nitrogen and oxygen atoms in total. The Morgan fingerprint density at radius 2 is 1.48 bits per heavy atom. The van der Waals surface area contributed by atoms with E-state index in [9.17, 15) is 9.59 Å². The molecule has 2 amide bonds. The summed E-state index contributed by atoms with van der Waals surface area (Å²) in [4.78, 5) is 31.3. The Kier molecular flexibility index (Phi) is 7.79. The quantitative estimate of drug-likeness (QED) is 0.763. The molecule has 2 aliphatic heterocycles. The van der Waals surface area contributed by atoms with Gasteiger partial charge in [0.15, 0.2) is 0 Å². The van der Waals surface area contributed by atoms with Crippen molar-refractivity contribution in [3.8, 4) is 0 Å². The van der Waals surface area contributed by atoms with Gasteiger partial charge in [-0.25, -0.2) is 0 Å². The lowest BCUT2D eigenvalue weighted by molar-refractivity contribution is -0.135. The van der Waals surface area contributed by atoms with Gasteiger partial charge in [-0.15, -0.1) is 0 Å². The minimum atomic E-state index is -0.138. The molecule has 2 fully saturated rings. The zero-order chi connectivity index (χ0) is 21.0. The van der Waals surface area contributed by atoms with Crippen LogP contribution in [-0.2, 0) is 9.59 Å². The van der Waals surface area contributed by atoms with Gasteiger partial charge in [-0.2, -0.15) is 0 Å². The summed E-state index contributed by atoms with van der Waals surface area (Å²) < 4.78 is 0. The number of carbonyl (C=O) groups is 2. The molecule has 1 aromatic carbocycles. The van der Waals surface area contributed by atoms with E-state index >= 15 is 0 Å². The molecule has 0 unspecified atom stereocenters. The first-order chi connectivity index (χ1) is 13.8. The van der Waals surface area contributed by atoms with Gasteiger partial charge in [0, 0.05) is 39.3 Å². The lowest BCUT2D eigenvalue weighted by Crippen LogP contribution is -2.52. The van der Waals surface area contributed by atoms with Gasteiger partial charge in [-0.3, -0.25) is 19.4 Å². The van der Waals surface area contributed by atoms with E-state index in [1.54, 1.807) is 18.2 Å². The third-order valence-electron chi connectivity index (χ3n) is 5.64. The number of likely N-dealkylation sites (tertiary alicyclic amines) is 1. The van der Waals surface area contributed by atoms with Crippen LogP contribution in [0.4, 0.5) is 5.69 Å². The molecule has 1 aromatic rings. The number of nitrogens with zero attached hydrogens (tertiary/aromatic N) is 3. The van der Waals surface area contributed by atoms with Gasteiger partial charge in [0.1, 0.15) is 0 Å². The second-order valence-corrected chi connectivity index (χ2v) is 9.26. The van der Waals surface area contributed by atoms with Gasteiger partial charge >= 0.3 is 0 Å². The number of hydrogen-bond donors (Lipinski definition) is 1. The number of anilines is 1. The SMILES string of the molecule is C[C@@H]1C[C@H](C)CN(C(=O)CN2CCN(CC(=O)Nc3c(Cl)cccc3Cl)CC2)C1. The largest absolute Gasteiger partial charge is 0.341 e. The van der Waals surface area contributed by atoms with Crippen LogP contribution in [0.25, 0.3) is 0 Å². The average Bonchev–Trinajstić information content (AvgIpc) is 2.65. The number of piperidine rings is 1. The molecule has 160 valence electrons. The molecular formula is C21H30Cl2N4O2. The Labute approximate surface area is 183 Å². The zero-order valence-corrected chi connectivity index (χ0v) is 18.7. The van der Waals surface area contributed by atoms with E-state index in [0.29, 0.717) is 34.1 Å². The van der Waals surface area contributed by atoms with Crippen LogP contribution in [0.5, 0.6) is 0 Å². The fraction of sp³-hybridized carbons (Fsp3) is 0.619. The third kappa shape index (κ3) is 6.32. The number of piperazine rings is 1.